The minimum absolute atomic E-state index is 0.0345. The summed E-state index contributed by atoms with van der Waals surface area (Å²) in [6.07, 6.45) is 6.38. The fraction of sp³-hybridized carbons (Fsp3) is 0.286. The Balaban J connectivity index is 1.86. The molecule has 0 amide bonds. The second-order valence-corrected chi connectivity index (χ2v) is 5.62. The van der Waals surface area contributed by atoms with Crippen LogP contribution in [0.1, 0.15) is 42.6 Å². The third-order valence-corrected chi connectivity index (χ3v) is 3.75. The summed E-state index contributed by atoms with van der Waals surface area (Å²) in [6.45, 7) is 4.97. The predicted molar refractivity (Wildman–Crippen MR) is 99.8 cm³/mol. The van der Waals surface area contributed by atoms with E-state index < -0.39 is 0 Å². The molecule has 0 aliphatic heterocycles. The van der Waals surface area contributed by atoms with Gasteiger partial charge >= 0.3 is 0 Å². The van der Waals surface area contributed by atoms with Gasteiger partial charge in [0, 0.05) is 23.5 Å². The minimum Gasteiger partial charge on any atom is -0.494 e. The highest BCUT2D eigenvalue weighted by molar-refractivity contribution is 6.04. The topological polar surface area (TPSA) is 38.3 Å². The number of allylic oxidation sites excluding steroid dienone is 1. The van der Waals surface area contributed by atoms with Crippen LogP contribution >= 0.6 is 0 Å². The highest BCUT2D eigenvalue weighted by atomic mass is 16.5. The fourth-order valence-corrected chi connectivity index (χ4v) is 2.20. The van der Waals surface area contributed by atoms with Gasteiger partial charge in [-0.1, -0.05) is 32.4 Å². The summed E-state index contributed by atoms with van der Waals surface area (Å²) in [4.78, 5) is 12.1. The van der Waals surface area contributed by atoms with Crippen LogP contribution in [0.4, 0.5) is 5.69 Å². The molecule has 2 rings (SSSR count). The predicted octanol–water partition coefficient (Wildman–Crippen LogP) is 5.24. The molecule has 0 aliphatic rings. The molecule has 0 aromatic heterocycles. The lowest BCUT2D eigenvalue weighted by molar-refractivity contribution is 0.104. The number of carbonyl (C=O) groups excluding carboxylic acids is 1. The van der Waals surface area contributed by atoms with Crippen molar-refractivity contribution in [1.29, 1.82) is 0 Å². The molecule has 0 aliphatic carbocycles. The van der Waals surface area contributed by atoms with Gasteiger partial charge in [0.05, 0.1) is 6.61 Å². The number of carbonyl (C=O) groups is 1. The second-order valence-electron chi connectivity index (χ2n) is 5.62. The maximum atomic E-state index is 12.1. The first kappa shape index (κ1) is 17.8. The van der Waals surface area contributed by atoms with Crippen molar-refractivity contribution < 1.29 is 9.53 Å². The Morgan fingerprint density at radius 3 is 2.38 bits per heavy atom. The van der Waals surface area contributed by atoms with Gasteiger partial charge in [-0.25, -0.2) is 0 Å². The molecule has 0 fully saturated rings. The van der Waals surface area contributed by atoms with E-state index in [1.54, 1.807) is 24.4 Å². The number of unbranched alkanes of at least 4 members (excludes halogenated alkanes) is 1. The number of anilines is 1. The lowest BCUT2D eigenvalue weighted by atomic mass is 10.1. The Hall–Kier alpha value is -2.55. The number of hydrogen-bond acceptors (Lipinski definition) is 3. The summed E-state index contributed by atoms with van der Waals surface area (Å²) >= 11 is 0. The zero-order valence-corrected chi connectivity index (χ0v) is 14.4. The number of aryl methyl sites for hydroxylation is 1. The third kappa shape index (κ3) is 5.58. The highest BCUT2D eigenvalue weighted by Gasteiger charge is 2.02. The summed E-state index contributed by atoms with van der Waals surface area (Å²) in [5, 5.41) is 3.12. The zero-order valence-electron chi connectivity index (χ0n) is 14.4. The van der Waals surface area contributed by atoms with Crippen molar-refractivity contribution in [3.05, 3.63) is 71.9 Å². The first-order valence-electron chi connectivity index (χ1n) is 8.52. The van der Waals surface area contributed by atoms with Gasteiger partial charge in [0.15, 0.2) is 5.78 Å². The number of benzene rings is 2. The minimum atomic E-state index is -0.0345. The quantitative estimate of drug-likeness (QED) is 0.390. The second kappa shape index (κ2) is 9.56. The molecule has 0 unspecified atom stereocenters. The van der Waals surface area contributed by atoms with Crippen molar-refractivity contribution in [1.82, 2.24) is 0 Å². The summed E-state index contributed by atoms with van der Waals surface area (Å²) in [7, 11) is 0. The molecule has 0 heterocycles. The molecular weight excluding hydrogens is 298 g/mol. The fourth-order valence-electron chi connectivity index (χ4n) is 2.20. The summed E-state index contributed by atoms with van der Waals surface area (Å²) in [5.41, 5.74) is 2.91. The van der Waals surface area contributed by atoms with E-state index in [1.807, 2.05) is 24.3 Å². The monoisotopic (exact) mass is 323 g/mol. The SMILES string of the molecule is CCCCOc1ccc(C(=O)C=CNc2ccc(CC)cc2)cc1. The van der Waals surface area contributed by atoms with Crippen LogP contribution < -0.4 is 10.1 Å². The Labute approximate surface area is 144 Å². The molecular formula is C21H25NO2. The van der Waals surface area contributed by atoms with E-state index in [2.05, 4.69) is 31.3 Å². The lowest BCUT2D eigenvalue weighted by Crippen LogP contribution is -1.99. The first-order chi connectivity index (χ1) is 11.7. The highest BCUT2D eigenvalue weighted by Crippen LogP contribution is 2.14. The number of nitrogens with one attached hydrogen (secondary N) is 1. The molecule has 2 aromatic rings. The molecule has 0 atom stereocenters. The van der Waals surface area contributed by atoms with Crippen molar-refractivity contribution in [3.8, 4) is 5.75 Å². The standard InChI is InChI=1S/C21H25NO2/c1-3-5-16-24-20-12-8-18(9-13-20)21(23)14-15-22-19-10-6-17(4-2)7-11-19/h6-15,22H,3-5,16H2,1-2H3. The lowest BCUT2D eigenvalue weighted by Gasteiger charge is -2.05. The first-order valence-corrected chi connectivity index (χ1v) is 8.52. The van der Waals surface area contributed by atoms with Crippen molar-refractivity contribution >= 4 is 11.5 Å². The normalized spacial score (nSPS) is 10.8. The van der Waals surface area contributed by atoms with Gasteiger partial charge in [0.1, 0.15) is 5.75 Å². The Bertz CT molecular complexity index is 657. The Kier molecular flexibility index (Phi) is 7.09. The van der Waals surface area contributed by atoms with Crippen LogP contribution in [0.15, 0.2) is 60.8 Å². The van der Waals surface area contributed by atoms with Gasteiger partial charge in [0.25, 0.3) is 0 Å². The van der Waals surface area contributed by atoms with Crippen LogP contribution in [0.3, 0.4) is 0 Å². The average Bonchev–Trinajstić information content (AvgIpc) is 2.63. The van der Waals surface area contributed by atoms with E-state index >= 15 is 0 Å². The molecule has 1 N–H and O–H groups in total. The van der Waals surface area contributed by atoms with Gasteiger partial charge in [-0.05, 0) is 54.8 Å². The molecule has 0 saturated carbocycles. The van der Waals surface area contributed by atoms with Gasteiger partial charge in [0.2, 0.25) is 0 Å². The number of rotatable bonds is 9. The molecule has 0 saturated heterocycles. The van der Waals surface area contributed by atoms with E-state index in [9.17, 15) is 4.79 Å². The van der Waals surface area contributed by atoms with Crippen LogP contribution in [0.2, 0.25) is 0 Å². The van der Waals surface area contributed by atoms with Crippen molar-refractivity contribution in [3.63, 3.8) is 0 Å². The molecule has 0 radical (unpaired) electrons. The summed E-state index contributed by atoms with van der Waals surface area (Å²) < 4.78 is 5.60. The van der Waals surface area contributed by atoms with Crippen molar-refractivity contribution in [2.24, 2.45) is 0 Å². The van der Waals surface area contributed by atoms with Crippen LogP contribution in [0, 0.1) is 0 Å². The smallest absolute Gasteiger partial charge is 0.187 e. The van der Waals surface area contributed by atoms with Gasteiger partial charge in [-0.15, -0.1) is 0 Å². The number of ether oxygens (including phenoxy) is 1. The van der Waals surface area contributed by atoms with Gasteiger partial charge in [-0.3, -0.25) is 4.79 Å². The van der Waals surface area contributed by atoms with Crippen molar-refractivity contribution in [2.75, 3.05) is 11.9 Å². The van der Waals surface area contributed by atoms with E-state index in [0.29, 0.717) is 12.2 Å². The summed E-state index contributed by atoms with van der Waals surface area (Å²) in [6, 6.07) is 15.5. The van der Waals surface area contributed by atoms with Gasteiger partial charge in [-0.2, -0.15) is 0 Å². The number of hydrogen-bond donors (Lipinski definition) is 1. The average molecular weight is 323 g/mol. The molecule has 0 bridgehead atoms. The van der Waals surface area contributed by atoms with Gasteiger partial charge < -0.3 is 10.1 Å². The van der Waals surface area contributed by atoms with Crippen LogP contribution in [0.5, 0.6) is 5.75 Å². The van der Waals surface area contributed by atoms with E-state index in [0.717, 1.165) is 30.7 Å². The molecule has 3 heteroatoms. The molecule has 0 spiro atoms. The maximum Gasteiger partial charge on any atom is 0.187 e. The van der Waals surface area contributed by atoms with E-state index in [4.69, 9.17) is 4.74 Å². The molecule has 24 heavy (non-hydrogen) atoms. The molecule has 3 nitrogen and oxygen atoms in total. The van der Waals surface area contributed by atoms with E-state index in [-0.39, 0.29) is 5.78 Å². The van der Waals surface area contributed by atoms with E-state index in [1.165, 1.54) is 5.56 Å². The largest absolute Gasteiger partial charge is 0.494 e. The zero-order chi connectivity index (χ0) is 17.2. The van der Waals surface area contributed by atoms with Crippen LogP contribution in [0.25, 0.3) is 0 Å². The third-order valence-electron chi connectivity index (χ3n) is 3.75. The Morgan fingerprint density at radius 2 is 1.75 bits per heavy atom. The maximum absolute atomic E-state index is 12.1. The molecule has 126 valence electrons. The Morgan fingerprint density at radius 1 is 1.04 bits per heavy atom. The van der Waals surface area contributed by atoms with Crippen molar-refractivity contribution in [2.45, 2.75) is 33.1 Å². The summed E-state index contributed by atoms with van der Waals surface area (Å²) in [5.74, 6) is 0.769. The number of ketones is 1. The van der Waals surface area contributed by atoms with Crippen LogP contribution in [-0.2, 0) is 6.42 Å². The molecule has 2 aromatic carbocycles. The van der Waals surface area contributed by atoms with Crippen LogP contribution in [-0.4, -0.2) is 12.4 Å².